The molecule has 0 radical (unpaired) electrons. The van der Waals surface area contributed by atoms with Gasteiger partial charge in [-0.25, -0.2) is 4.98 Å². The Morgan fingerprint density at radius 3 is 2.67 bits per heavy atom. The molecule has 2 N–H and O–H groups in total. The molecule has 0 saturated carbocycles. The van der Waals surface area contributed by atoms with Crippen LogP contribution in [0, 0.1) is 0 Å². The molecule has 1 heterocycles. The second-order valence-electron chi connectivity index (χ2n) is 6.02. The van der Waals surface area contributed by atoms with E-state index in [-0.39, 0.29) is 5.91 Å². The van der Waals surface area contributed by atoms with Crippen LogP contribution in [0.3, 0.4) is 0 Å². The average Bonchev–Trinajstić information content (AvgIpc) is 3.12. The highest BCUT2D eigenvalue weighted by molar-refractivity contribution is 7.14. The van der Waals surface area contributed by atoms with Gasteiger partial charge in [-0.05, 0) is 36.8 Å². The maximum Gasteiger partial charge on any atom is 0.224 e. The normalized spacial score (nSPS) is 10.6. The maximum atomic E-state index is 11.8. The van der Waals surface area contributed by atoms with E-state index in [1.165, 1.54) is 11.3 Å². The van der Waals surface area contributed by atoms with E-state index in [9.17, 15) is 4.79 Å². The predicted octanol–water partition coefficient (Wildman–Crippen LogP) is 6.99. The number of thiazole rings is 1. The lowest BCUT2D eigenvalue weighted by Crippen LogP contribution is -2.10. The number of hydrogen-bond donors (Lipinski definition) is 2. The summed E-state index contributed by atoms with van der Waals surface area (Å²) in [4.78, 5) is 16.4. The van der Waals surface area contributed by atoms with E-state index in [1.54, 1.807) is 18.2 Å². The molecule has 0 spiro atoms. The van der Waals surface area contributed by atoms with Gasteiger partial charge in [-0.3, -0.25) is 4.79 Å². The SMILES string of the molecule is CCCCC(=O)Nc1ccc(-c2csc(Nc3cc(Cl)ccc3Cl)n2)cc1. The second-order valence-corrected chi connectivity index (χ2v) is 7.72. The standard InChI is InChI=1S/C20H19Cl2N3OS/c1-2-3-4-19(26)23-15-8-5-13(6-9-15)18-12-27-20(25-18)24-17-11-14(21)7-10-16(17)22/h5-12H,2-4H2,1H3,(H,23,26)(H,24,25). The summed E-state index contributed by atoms with van der Waals surface area (Å²) in [7, 11) is 0. The third kappa shape index (κ3) is 5.45. The number of nitrogens with zero attached hydrogens (tertiary/aromatic N) is 1. The minimum absolute atomic E-state index is 0.0446. The molecule has 7 heteroatoms. The van der Waals surface area contributed by atoms with E-state index in [4.69, 9.17) is 23.2 Å². The van der Waals surface area contributed by atoms with Crippen LogP contribution in [0.15, 0.2) is 47.8 Å². The maximum absolute atomic E-state index is 11.8. The largest absolute Gasteiger partial charge is 0.330 e. The van der Waals surface area contributed by atoms with Gasteiger partial charge in [0.1, 0.15) is 0 Å². The number of nitrogens with one attached hydrogen (secondary N) is 2. The molecular formula is C20H19Cl2N3OS. The molecule has 0 aliphatic heterocycles. The number of amides is 1. The van der Waals surface area contributed by atoms with Crippen LogP contribution in [0.4, 0.5) is 16.5 Å². The van der Waals surface area contributed by atoms with E-state index >= 15 is 0 Å². The molecule has 4 nitrogen and oxygen atoms in total. The van der Waals surface area contributed by atoms with Crippen LogP contribution in [0.1, 0.15) is 26.2 Å². The van der Waals surface area contributed by atoms with Crippen molar-refractivity contribution >= 4 is 57.0 Å². The Balaban J connectivity index is 1.67. The Bertz CT molecular complexity index is 925. The fraction of sp³-hybridized carbons (Fsp3) is 0.200. The molecule has 0 fully saturated rings. The Morgan fingerprint density at radius 2 is 1.93 bits per heavy atom. The van der Waals surface area contributed by atoms with Gasteiger partial charge in [-0.2, -0.15) is 0 Å². The number of unbranched alkanes of at least 4 members (excludes halogenated alkanes) is 1. The van der Waals surface area contributed by atoms with Crippen LogP contribution in [0.25, 0.3) is 11.3 Å². The van der Waals surface area contributed by atoms with Crippen molar-refractivity contribution < 1.29 is 4.79 Å². The highest BCUT2D eigenvalue weighted by atomic mass is 35.5. The highest BCUT2D eigenvalue weighted by Crippen LogP contribution is 2.32. The van der Waals surface area contributed by atoms with E-state index < -0.39 is 0 Å². The summed E-state index contributed by atoms with van der Waals surface area (Å²) in [6, 6.07) is 12.9. The number of halogens is 2. The first kappa shape index (κ1) is 19.7. The lowest BCUT2D eigenvalue weighted by atomic mass is 10.1. The van der Waals surface area contributed by atoms with Crippen molar-refractivity contribution in [2.75, 3.05) is 10.6 Å². The van der Waals surface area contributed by atoms with Gasteiger partial charge in [-0.1, -0.05) is 48.7 Å². The van der Waals surface area contributed by atoms with Crippen molar-refractivity contribution in [1.82, 2.24) is 4.98 Å². The molecule has 0 aliphatic carbocycles. The van der Waals surface area contributed by atoms with Gasteiger partial charge in [0, 0.05) is 28.1 Å². The summed E-state index contributed by atoms with van der Waals surface area (Å²) in [5.41, 5.74) is 3.34. The van der Waals surface area contributed by atoms with Gasteiger partial charge in [0.15, 0.2) is 5.13 Å². The summed E-state index contributed by atoms with van der Waals surface area (Å²) in [6.07, 6.45) is 2.45. The van der Waals surface area contributed by atoms with E-state index in [0.29, 0.717) is 16.5 Å². The quantitative estimate of drug-likeness (QED) is 0.433. The fourth-order valence-electron chi connectivity index (χ4n) is 2.46. The van der Waals surface area contributed by atoms with E-state index in [0.717, 1.165) is 40.6 Å². The lowest BCUT2D eigenvalue weighted by molar-refractivity contribution is -0.116. The predicted molar refractivity (Wildman–Crippen MR) is 115 cm³/mol. The van der Waals surface area contributed by atoms with Crippen molar-refractivity contribution in [1.29, 1.82) is 0 Å². The van der Waals surface area contributed by atoms with Crippen molar-refractivity contribution in [3.05, 3.63) is 57.9 Å². The number of hydrogen-bond acceptors (Lipinski definition) is 4. The molecule has 1 aromatic heterocycles. The number of rotatable bonds is 7. The minimum atomic E-state index is 0.0446. The van der Waals surface area contributed by atoms with Crippen LogP contribution >= 0.6 is 34.5 Å². The molecular weight excluding hydrogens is 401 g/mol. The minimum Gasteiger partial charge on any atom is -0.330 e. The van der Waals surface area contributed by atoms with Gasteiger partial charge in [0.2, 0.25) is 5.91 Å². The second kappa shape index (κ2) is 9.22. The molecule has 140 valence electrons. The van der Waals surface area contributed by atoms with Crippen LogP contribution < -0.4 is 10.6 Å². The number of anilines is 3. The molecule has 0 aliphatic rings. The molecule has 0 bridgehead atoms. The van der Waals surface area contributed by atoms with Crippen molar-refractivity contribution in [2.24, 2.45) is 0 Å². The number of aromatic nitrogens is 1. The molecule has 27 heavy (non-hydrogen) atoms. The van der Waals surface area contributed by atoms with Crippen LogP contribution in [-0.2, 0) is 4.79 Å². The molecule has 3 aromatic rings. The zero-order chi connectivity index (χ0) is 19.2. The first-order valence-electron chi connectivity index (χ1n) is 8.63. The van der Waals surface area contributed by atoms with Crippen molar-refractivity contribution in [3.8, 4) is 11.3 Å². The monoisotopic (exact) mass is 419 g/mol. The number of carbonyl (C=O) groups excluding carboxylic acids is 1. The zero-order valence-corrected chi connectivity index (χ0v) is 17.1. The van der Waals surface area contributed by atoms with E-state index in [2.05, 4.69) is 22.5 Å². The lowest BCUT2D eigenvalue weighted by Gasteiger charge is -2.06. The highest BCUT2D eigenvalue weighted by Gasteiger charge is 2.08. The molecule has 3 rings (SSSR count). The summed E-state index contributed by atoms with van der Waals surface area (Å²) in [6.45, 7) is 2.07. The molecule has 0 atom stereocenters. The third-order valence-corrected chi connectivity index (χ3v) is 5.22. The average molecular weight is 420 g/mol. The van der Waals surface area contributed by atoms with Gasteiger partial charge in [-0.15, -0.1) is 11.3 Å². The van der Waals surface area contributed by atoms with Crippen molar-refractivity contribution in [2.45, 2.75) is 26.2 Å². The third-order valence-electron chi connectivity index (χ3n) is 3.90. The Kier molecular flexibility index (Phi) is 6.72. The van der Waals surface area contributed by atoms with Gasteiger partial charge >= 0.3 is 0 Å². The summed E-state index contributed by atoms with van der Waals surface area (Å²) in [5, 5.41) is 9.99. The smallest absolute Gasteiger partial charge is 0.224 e. The van der Waals surface area contributed by atoms with Gasteiger partial charge in [0.25, 0.3) is 0 Å². The zero-order valence-electron chi connectivity index (χ0n) is 14.8. The Labute approximate surface area is 172 Å². The molecule has 0 saturated heterocycles. The number of carbonyl (C=O) groups is 1. The van der Waals surface area contributed by atoms with Gasteiger partial charge < -0.3 is 10.6 Å². The van der Waals surface area contributed by atoms with Crippen LogP contribution in [0.2, 0.25) is 10.0 Å². The topological polar surface area (TPSA) is 54.0 Å². The summed E-state index contributed by atoms with van der Waals surface area (Å²) >= 11 is 13.7. The van der Waals surface area contributed by atoms with Crippen LogP contribution in [-0.4, -0.2) is 10.9 Å². The Morgan fingerprint density at radius 1 is 1.15 bits per heavy atom. The molecule has 1 amide bonds. The first-order valence-corrected chi connectivity index (χ1v) is 10.3. The van der Waals surface area contributed by atoms with E-state index in [1.807, 2.05) is 29.6 Å². The van der Waals surface area contributed by atoms with Crippen LogP contribution in [0.5, 0.6) is 0 Å². The van der Waals surface area contributed by atoms with Gasteiger partial charge in [0.05, 0.1) is 16.4 Å². The molecule has 0 unspecified atom stereocenters. The van der Waals surface area contributed by atoms with Crippen molar-refractivity contribution in [3.63, 3.8) is 0 Å². The fourth-order valence-corrected chi connectivity index (χ4v) is 3.53. The molecule has 2 aromatic carbocycles. The summed E-state index contributed by atoms with van der Waals surface area (Å²) in [5.74, 6) is 0.0446. The Hall–Kier alpha value is -2.08. The first-order chi connectivity index (χ1) is 13.0. The summed E-state index contributed by atoms with van der Waals surface area (Å²) < 4.78 is 0. The number of benzene rings is 2.